The van der Waals surface area contributed by atoms with Crippen molar-refractivity contribution in [2.75, 3.05) is 20.7 Å². The number of hydrogen-bond donors (Lipinski definition) is 1. The number of thioether (sulfide) groups is 1. The second-order valence-electron chi connectivity index (χ2n) is 9.93. The number of ether oxygens (including phenoxy) is 1. The number of amides is 1. The molecule has 1 amide bonds. The summed E-state index contributed by atoms with van der Waals surface area (Å²) >= 11 is 1.67. The summed E-state index contributed by atoms with van der Waals surface area (Å²) in [5.74, 6) is 1.18. The normalized spacial score (nSPS) is 17.8. The van der Waals surface area contributed by atoms with E-state index < -0.39 is 16.1 Å². The number of sulfonamides is 1. The smallest absolute Gasteiger partial charge is 0.252 e. The molecule has 0 aliphatic carbocycles. The van der Waals surface area contributed by atoms with Gasteiger partial charge in [0, 0.05) is 31.1 Å². The van der Waals surface area contributed by atoms with Crippen LogP contribution in [0, 0.1) is 0 Å². The minimum atomic E-state index is -3.92. The summed E-state index contributed by atoms with van der Waals surface area (Å²) < 4.78 is 34.6. The molecular formula is C31H33N3O4S2. The Morgan fingerprint density at radius 2 is 1.65 bits per heavy atom. The van der Waals surface area contributed by atoms with Crippen LogP contribution in [0.1, 0.15) is 17.5 Å². The minimum Gasteiger partial charge on any atom is -0.497 e. The molecule has 2 atom stereocenters. The number of nitrogens with zero attached hydrogens (tertiary/aromatic N) is 2. The first-order chi connectivity index (χ1) is 19.3. The van der Waals surface area contributed by atoms with Gasteiger partial charge in [-0.15, -0.1) is 0 Å². The van der Waals surface area contributed by atoms with E-state index in [2.05, 4.69) is 5.43 Å². The summed E-state index contributed by atoms with van der Waals surface area (Å²) in [4.78, 5) is 13.8. The van der Waals surface area contributed by atoms with Gasteiger partial charge in [0.05, 0.1) is 12.0 Å². The van der Waals surface area contributed by atoms with Crippen molar-refractivity contribution in [2.24, 2.45) is 0 Å². The molecule has 1 aliphatic rings. The lowest BCUT2D eigenvalue weighted by molar-refractivity contribution is -0.128. The van der Waals surface area contributed by atoms with Crippen molar-refractivity contribution in [3.05, 3.63) is 108 Å². The summed E-state index contributed by atoms with van der Waals surface area (Å²) in [6.45, 7) is 0.767. The molecule has 7 nitrogen and oxygen atoms in total. The van der Waals surface area contributed by atoms with Gasteiger partial charge in [0.25, 0.3) is 5.91 Å². The van der Waals surface area contributed by atoms with Gasteiger partial charge >= 0.3 is 0 Å². The predicted octanol–water partition coefficient (Wildman–Crippen LogP) is 5.08. The molecule has 1 heterocycles. The highest BCUT2D eigenvalue weighted by Crippen LogP contribution is 2.35. The summed E-state index contributed by atoms with van der Waals surface area (Å²) in [6.07, 6.45) is 0.429. The molecule has 208 valence electrons. The Morgan fingerprint density at radius 3 is 2.38 bits per heavy atom. The van der Waals surface area contributed by atoms with Crippen LogP contribution in [-0.2, 0) is 27.1 Å². The number of nitrogens with one attached hydrogen (secondary N) is 1. The number of carbonyl (C=O) groups excluding carboxylic acids is 1. The third-order valence-electron chi connectivity index (χ3n) is 7.06. The number of methoxy groups -OCH3 is 1. The largest absolute Gasteiger partial charge is 0.497 e. The SMILES string of the molecule is COc1ccc(CS[C@@H]2C[C@@H](C(=O)NN(C)Cc3ccccc3)N(S(=O)(=O)c3ccc4ccccc4c3)C2)cc1. The van der Waals surface area contributed by atoms with E-state index in [1.165, 1.54) is 4.31 Å². The highest BCUT2D eigenvalue weighted by molar-refractivity contribution is 7.99. The van der Waals surface area contributed by atoms with Crippen LogP contribution >= 0.6 is 11.8 Å². The summed E-state index contributed by atoms with van der Waals surface area (Å²) in [5.41, 5.74) is 5.09. The third kappa shape index (κ3) is 6.50. The van der Waals surface area contributed by atoms with Crippen molar-refractivity contribution in [1.29, 1.82) is 0 Å². The third-order valence-corrected chi connectivity index (χ3v) is 10.2. The maximum Gasteiger partial charge on any atom is 0.252 e. The highest BCUT2D eigenvalue weighted by Gasteiger charge is 2.44. The molecule has 0 bridgehead atoms. The summed E-state index contributed by atoms with van der Waals surface area (Å²) in [7, 11) is -0.496. The van der Waals surface area contributed by atoms with Crippen molar-refractivity contribution >= 4 is 38.5 Å². The Kier molecular flexibility index (Phi) is 8.75. The van der Waals surface area contributed by atoms with Gasteiger partial charge in [-0.05, 0) is 52.6 Å². The zero-order valence-corrected chi connectivity index (χ0v) is 24.2. The maximum absolute atomic E-state index is 14.0. The van der Waals surface area contributed by atoms with Crippen LogP contribution in [0.4, 0.5) is 0 Å². The van der Waals surface area contributed by atoms with E-state index >= 15 is 0 Å². The van der Waals surface area contributed by atoms with E-state index in [1.807, 2.05) is 84.9 Å². The van der Waals surface area contributed by atoms with Gasteiger partial charge in [-0.3, -0.25) is 10.2 Å². The maximum atomic E-state index is 14.0. The van der Waals surface area contributed by atoms with Crippen LogP contribution in [0.25, 0.3) is 10.8 Å². The van der Waals surface area contributed by atoms with Crippen molar-refractivity contribution < 1.29 is 17.9 Å². The Bertz CT molecular complexity index is 1560. The van der Waals surface area contributed by atoms with Gasteiger partial charge in [-0.25, -0.2) is 13.4 Å². The number of hydrogen-bond acceptors (Lipinski definition) is 6. The second-order valence-corrected chi connectivity index (χ2v) is 13.1. The first-order valence-electron chi connectivity index (χ1n) is 13.1. The lowest BCUT2D eigenvalue weighted by Gasteiger charge is -2.26. The Hall–Kier alpha value is -3.37. The Balaban J connectivity index is 1.36. The first kappa shape index (κ1) is 28.2. The minimum absolute atomic E-state index is 0.0347. The topological polar surface area (TPSA) is 79.0 Å². The molecule has 5 rings (SSSR count). The number of hydrazine groups is 1. The molecule has 1 saturated heterocycles. The molecule has 1 fully saturated rings. The fraction of sp³-hybridized carbons (Fsp3) is 0.258. The zero-order valence-electron chi connectivity index (χ0n) is 22.6. The molecule has 4 aromatic rings. The molecule has 9 heteroatoms. The van der Waals surface area contributed by atoms with Gasteiger partial charge in [-0.1, -0.05) is 72.8 Å². The fourth-order valence-corrected chi connectivity index (χ4v) is 7.93. The average Bonchev–Trinajstić information content (AvgIpc) is 3.42. The van der Waals surface area contributed by atoms with Crippen molar-refractivity contribution in [3.8, 4) is 5.75 Å². The number of benzene rings is 4. The molecule has 0 saturated carbocycles. The molecule has 40 heavy (non-hydrogen) atoms. The molecule has 0 aromatic heterocycles. The van der Waals surface area contributed by atoms with Gasteiger partial charge < -0.3 is 4.74 Å². The second kappa shape index (κ2) is 12.4. The average molecular weight is 576 g/mol. The van der Waals surface area contributed by atoms with Gasteiger partial charge in [0.1, 0.15) is 11.8 Å². The summed E-state index contributed by atoms with van der Waals surface area (Å²) in [6, 6.07) is 29.6. The molecule has 0 radical (unpaired) electrons. The van der Waals surface area contributed by atoms with Gasteiger partial charge in [0.15, 0.2) is 0 Å². The van der Waals surface area contributed by atoms with Crippen LogP contribution in [0.15, 0.2) is 102 Å². The molecule has 1 N–H and O–H groups in total. The van der Waals surface area contributed by atoms with Gasteiger partial charge in [-0.2, -0.15) is 16.1 Å². The lowest BCUT2D eigenvalue weighted by Crippen LogP contribution is -2.50. The van der Waals surface area contributed by atoms with Crippen LogP contribution < -0.4 is 10.2 Å². The van der Waals surface area contributed by atoms with Crippen LogP contribution in [0.3, 0.4) is 0 Å². The lowest BCUT2D eigenvalue weighted by atomic mass is 10.1. The predicted molar refractivity (Wildman–Crippen MR) is 160 cm³/mol. The fourth-order valence-electron chi connectivity index (χ4n) is 4.95. The molecule has 1 aliphatic heterocycles. The molecule has 4 aromatic carbocycles. The molecule has 0 unspecified atom stereocenters. The van der Waals surface area contributed by atoms with E-state index in [0.29, 0.717) is 18.7 Å². The van der Waals surface area contributed by atoms with E-state index in [4.69, 9.17) is 4.74 Å². The van der Waals surface area contributed by atoms with E-state index in [1.54, 1.807) is 43.1 Å². The first-order valence-corrected chi connectivity index (χ1v) is 15.6. The number of rotatable bonds is 10. The molecular weight excluding hydrogens is 542 g/mol. The quantitative estimate of drug-likeness (QED) is 0.266. The number of fused-ring (bicyclic) bond motifs is 1. The Morgan fingerprint density at radius 1 is 0.950 bits per heavy atom. The molecule has 0 spiro atoms. The monoisotopic (exact) mass is 575 g/mol. The number of carbonyl (C=O) groups is 1. The van der Waals surface area contributed by atoms with Crippen molar-refractivity contribution in [1.82, 2.24) is 14.7 Å². The van der Waals surface area contributed by atoms with Gasteiger partial charge in [0.2, 0.25) is 10.0 Å². The van der Waals surface area contributed by atoms with Crippen molar-refractivity contribution in [2.45, 2.75) is 34.9 Å². The Labute approximate surface area is 240 Å². The van der Waals surface area contributed by atoms with Crippen LogP contribution in [-0.4, -0.2) is 55.6 Å². The van der Waals surface area contributed by atoms with Crippen LogP contribution in [0.5, 0.6) is 5.75 Å². The van der Waals surface area contributed by atoms with E-state index in [0.717, 1.165) is 27.6 Å². The van der Waals surface area contributed by atoms with Crippen LogP contribution in [0.2, 0.25) is 0 Å². The van der Waals surface area contributed by atoms with Crippen molar-refractivity contribution in [3.63, 3.8) is 0 Å². The zero-order chi connectivity index (χ0) is 28.1. The highest BCUT2D eigenvalue weighted by atomic mass is 32.2. The summed E-state index contributed by atoms with van der Waals surface area (Å²) in [5, 5.41) is 3.48. The standard InChI is InChI=1S/C31H33N3O4S2/c1-33(20-23-8-4-3-5-9-23)32-31(35)30-19-28(39-22-24-12-15-27(38-2)16-13-24)21-34(30)40(36,37)29-17-14-25-10-6-7-11-26(25)18-29/h3-18,28,30H,19-22H2,1-2H3,(H,32,35)/t28-,30+/m1/s1. The van der Waals surface area contributed by atoms with E-state index in [-0.39, 0.29) is 22.6 Å². The van der Waals surface area contributed by atoms with E-state index in [9.17, 15) is 13.2 Å².